The number of hydrogen-bond donors (Lipinski definition) is 0. The number of esters is 1. The average molecular weight is 359 g/mol. The van der Waals surface area contributed by atoms with Crippen molar-refractivity contribution in [2.75, 3.05) is 13.4 Å². The minimum Gasteiger partial charge on any atom is -0.464 e. The van der Waals surface area contributed by atoms with Crippen LogP contribution in [0, 0.1) is 18.8 Å². The minimum absolute atomic E-state index is 0.0327. The van der Waals surface area contributed by atoms with Crippen molar-refractivity contribution < 1.29 is 22.1 Å². The first-order chi connectivity index (χ1) is 11.8. The summed E-state index contributed by atoms with van der Waals surface area (Å²) in [4.78, 5) is 15.8. The molecule has 1 aromatic carbocycles. The first kappa shape index (κ1) is 18.6. The van der Waals surface area contributed by atoms with Crippen molar-refractivity contribution in [3.8, 4) is 11.8 Å². The molecule has 0 bridgehead atoms. The van der Waals surface area contributed by atoms with E-state index in [9.17, 15) is 13.2 Å². The zero-order valence-electron chi connectivity index (χ0n) is 14.1. The lowest BCUT2D eigenvalue weighted by Crippen LogP contribution is -2.09. The average Bonchev–Trinajstić information content (AvgIpc) is 2.58. The van der Waals surface area contributed by atoms with Gasteiger partial charge in [0.25, 0.3) is 10.1 Å². The third-order valence-corrected chi connectivity index (χ3v) is 3.64. The lowest BCUT2D eigenvalue weighted by molar-refractivity contribution is 0.0593. The first-order valence-electron chi connectivity index (χ1n) is 7.29. The molecular formula is C18H17NO5S. The fourth-order valence-electron chi connectivity index (χ4n) is 1.89. The molecule has 7 heteroatoms. The fraction of sp³-hybridized carbons (Fsp3) is 0.222. The van der Waals surface area contributed by atoms with Crippen LogP contribution in [0.2, 0.25) is 0 Å². The van der Waals surface area contributed by atoms with Crippen molar-refractivity contribution in [3.05, 3.63) is 64.5 Å². The summed E-state index contributed by atoms with van der Waals surface area (Å²) in [6, 6.07) is 10.7. The van der Waals surface area contributed by atoms with Gasteiger partial charge in [-0.25, -0.2) is 9.78 Å². The summed E-state index contributed by atoms with van der Waals surface area (Å²) in [7, 11) is -2.39. The van der Waals surface area contributed by atoms with Crippen LogP contribution in [0.3, 0.4) is 0 Å². The molecule has 0 radical (unpaired) electrons. The van der Waals surface area contributed by atoms with E-state index < -0.39 is 16.1 Å². The maximum atomic E-state index is 11.7. The molecule has 0 aliphatic rings. The molecule has 0 aliphatic carbocycles. The highest BCUT2D eigenvalue weighted by Crippen LogP contribution is 2.10. The number of nitrogens with zero attached hydrogens (tertiary/aromatic N) is 1. The maximum absolute atomic E-state index is 11.7. The number of carbonyl (C=O) groups excluding carboxylic acids is 1. The van der Waals surface area contributed by atoms with Crippen LogP contribution in [-0.2, 0) is 25.6 Å². The molecule has 1 heterocycles. The Kier molecular flexibility index (Phi) is 5.91. The van der Waals surface area contributed by atoms with Crippen LogP contribution in [0.25, 0.3) is 0 Å². The van der Waals surface area contributed by atoms with Crippen molar-refractivity contribution in [2.24, 2.45) is 0 Å². The molecule has 2 aromatic rings. The highest BCUT2D eigenvalue weighted by Gasteiger charge is 2.12. The molecule has 0 fully saturated rings. The van der Waals surface area contributed by atoms with Gasteiger partial charge in [0, 0.05) is 11.1 Å². The second kappa shape index (κ2) is 7.92. The smallest absolute Gasteiger partial charge is 0.356 e. The summed E-state index contributed by atoms with van der Waals surface area (Å²) in [5, 5.41) is 0. The number of aryl methyl sites for hydroxylation is 1. The van der Waals surface area contributed by atoms with Crippen LogP contribution in [0.5, 0.6) is 0 Å². The standard InChI is InChI=1S/C18H17NO5S/c1-13-4-6-14(7-5-13)8-9-15-10-16(12-24-25(3,21)22)19-17(11-15)18(20)23-2/h4-7,10-11H,12H2,1-3H3. The normalized spacial score (nSPS) is 10.7. The molecule has 0 spiro atoms. The Labute approximate surface area is 146 Å². The molecule has 0 amide bonds. The molecule has 0 atom stereocenters. The molecular weight excluding hydrogens is 342 g/mol. The van der Waals surface area contributed by atoms with E-state index in [-0.39, 0.29) is 18.0 Å². The number of aromatic nitrogens is 1. The number of methoxy groups -OCH3 is 1. The molecule has 1 aromatic heterocycles. The van der Waals surface area contributed by atoms with E-state index in [1.54, 1.807) is 6.07 Å². The molecule has 0 aliphatic heterocycles. The molecule has 25 heavy (non-hydrogen) atoms. The summed E-state index contributed by atoms with van der Waals surface area (Å²) in [5.74, 6) is 5.28. The SMILES string of the molecule is COC(=O)c1cc(C#Cc2ccc(C)cc2)cc(COS(C)(=O)=O)n1. The number of ether oxygens (including phenoxy) is 1. The Bertz CT molecular complexity index is 938. The largest absolute Gasteiger partial charge is 0.464 e. The Morgan fingerprint density at radius 3 is 2.36 bits per heavy atom. The Morgan fingerprint density at radius 2 is 1.76 bits per heavy atom. The van der Waals surface area contributed by atoms with E-state index in [2.05, 4.69) is 21.6 Å². The van der Waals surface area contributed by atoms with Crippen molar-refractivity contribution in [3.63, 3.8) is 0 Å². The van der Waals surface area contributed by atoms with Crippen molar-refractivity contribution in [1.82, 2.24) is 4.98 Å². The van der Waals surface area contributed by atoms with E-state index in [0.29, 0.717) is 5.56 Å². The van der Waals surface area contributed by atoms with Gasteiger partial charge in [0.2, 0.25) is 0 Å². The lowest BCUT2D eigenvalue weighted by atomic mass is 10.1. The monoisotopic (exact) mass is 359 g/mol. The third-order valence-electron chi connectivity index (χ3n) is 3.10. The molecule has 0 N–H and O–H groups in total. The maximum Gasteiger partial charge on any atom is 0.356 e. The van der Waals surface area contributed by atoms with E-state index in [4.69, 9.17) is 4.18 Å². The van der Waals surface area contributed by atoms with E-state index in [1.165, 1.54) is 13.2 Å². The van der Waals surface area contributed by atoms with Gasteiger partial charge in [-0.15, -0.1) is 0 Å². The van der Waals surface area contributed by atoms with Gasteiger partial charge in [-0.3, -0.25) is 4.18 Å². The third kappa shape index (κ3) is 6.03. The first-order valence-corrected chi connectivity index (χ1v) is 9.11. The second-order valence-corrected chi connectivity index (χ2v) is 6.95. The Hall–Kier alpha value is -2.69. The number of carbonyl (C=O) groups is 1. The molecule has 2 rings (SSSR count). The Balaban J connectivity index is 2.36. The quantitative estimate of drug-likeness (QED) is 0.472. The predicted octanol–water partition coefficient (Wildman–Crippen LogP) is 2.05. The van der Waals surface area contributed by atoms with Crippen molar-refractivity contribution >= 4 is 16.1 Å². The van der Waals surface area contributed by atoms with E-state index in [0.717, 1.165) is 17.4 Å². The predicted molar refractivity (Wildman–Crippen MR) is 92.4 cm³/mol. The van der Waals surface area contributed by atoms with Crippen LogP contribution < -0.4 is 0 Å². The summed E-state index contributed by atoms with van der Waals surface area (Å²) >= 11 is 0. The van der Waals surface area contributed by atoms with Crippen LogP contribution in [0.1, 0.15) is 32.9 Å². The number of hydrogen-bond acceptors (Lipinski definition) is 6. The number of benzene rings is 1. The molecule has 6 nitrogen and oxygen atoms in total. The minimum atomic E-state index is -3.63. The summed E-state index contributed by atoms with van der Waals surface area (Å²) < 4.78 is 31.6. The van der Waals surface area contributed by atoms with Gasteiger partial charge in [0.15, 0.2) is 0 Å². The fourth-order valence-corrected chi connectivity index (χ4v) is 2.23. The topological polar surface area (TPSA) is 82.6 Å². The summed E-state index contributed by atoms with van der Waals surface area (Å²) in [6.07, 6.45) is 0.940. The van der Waals surface area contributed by atoms with Crippen LogP contribution in [0.15, 0.2) is 36.4 Å². The van der Waals surface area contributed by atoms with E-state index >= 15 is 0 Å². The van der Waals surface area contributed by atoms with Crippen molar-refractivity contribution in [2.45, 2.75) is 13.5 Å². The van der Waals surface area contributed by atoms with Gasteiger partial charge in [0.05, 0.1) is 19.1 Å². The summed E-state index contributed by atoms with van der Waals surface area (Å²) in [6.45, 7) is 1.69. The van der Waals surface area contributed by atoms with Crippen LogP contribution >= 0.6 is 0 Å². The highest BCUT2D eigenvalue weighted by molar-refractivity contribution is 7.85. The van der Waals surface area contributed by atoms with E-state index in [1.807, 2.05) is 31.2 Å². The highest BCUT2D eigenvalue weighted by atomic mass is 32.2. The van der Waals surface area contributed by atoms with Crippen molar-refractivity contribution in [1.29, 1.82) is 0 Å². The lowest BCUT2D eigenvalue weighted by Gasteiger charge is -2.05. The molecule has 130 valence electrons. The zero-order valence-corrected chi connectivity index (χ0v) is 14.9. The van der Waals surface area contributed by atoms with Gasteiger partial charge in [-0.2, -0.15) is 8.42 Å². The number of rotatable bonds is 4. The van der Waals surface area contributed by atoms with Gasteiger partial charge in [0.1, 0.15) is 12.3 Å². The van der Waals surface area contributed by atoms with Gasteiger partial charge >= 0.3 is 5.97 Å². The van der Waals surface area contributed by atoms with Gasteiger partial charge in [-0.05, 0) is 31.2 Å². The molecule has 0 saturated heterocycles. The van der Waals surface area contributed by atoms with Gasteiger partial charge < -0.3 is 4.74 Å². The molecule has 0 unspecified atom stereocenters. The second-order valence-electron chi connectivity index (χ2n) is 5.31. The molecule has 0 saturated carbocycles. The summed E-state index contributed by atoms with van der Waals surface area (Å²) in [5.41, 5.74) is 2.74. The van der Waals surface area contributed by atoms with Crippen LogP contribution in [0.4, 0.5) is 0 Å². The Morgan fingerprint density at radius 1 is 1.12 bits per heavy atom. The van der Waals surface area contributed by atoms with Gasteiger partial charge in [-0.1, -0.05) is 29.5 Å². The zero-order chi connectivity index (χ0) is 18.4. The van der Waals surface area contributed by atoms with Crippen LogP contribution in [-0.4, -0.2) is 32.7 Å². The number of pyridine rings is 1.